The lowest BCUT2D eigenvalue weighted by molar-refractivity contribution is -0.125. The molecule has 0 aliphatic carbocycles. The van der Waals surface area contributed by atoms with Gasteiger partial charge in [0.2, 0.25) is 5.91 Å². The van der Waals surface area contributed by atoms with Gasteiger partial charge in [-0.1, -0.05) is 20.3 Å². The lowest BCUT2D eigenvalue weighted by Crippen LogP contribution is -2.35. The number of rotatable bonds is 4. The zero-order chi connectivity index (χ0) is 7.98. The van der Waals surface area contributed by atoms with Crippen LogP contribution in [0.3, 0.4) is 0 Å². The highest BCUT2D eigenvalue weighted by molar-refractivity contribution is 5.77. The largest absolute Gasteiger partial charge is 0.294 e. The van der Waals surface area contributed by atoms with E-state index >= 15 is 0 Å². The number of nitrogens with one attached hydrogen (secondary N) is 1. The van der Waals surface area contributed by atoms with E-state index in [2.05, 4.69) is 12.3 Å². The Morgan fingerprint density at radius 2 is 2.20 bits per heavy atom. The summed E-state index contributed by atoms with van der Waals surface area (Å²) in [4.78, 5) is 10.9. The van der Waals surface area contributed by atoms with Crippen molar-refractivity contribution < 1.29 is 4.79 Å². The molecule has 0 rings (SSSR count). The highest BCUT2D eigenvalue weighted by atomic mass is 16.2. The second kappa shape index (κ2) is 5.23. The quantitative estimate of drug-likeness (QED) is 0.348. The molecule has 1 unspecified atom stereocenters. The zero-order valence-electron chi connectivity index (χ0n) is 6.68. The number of hydrazine groups is 1. The zero-order valence-corrected chi connectivity index (χ0v) is 6.68. The maximum absolute atomic E-state index is 10.9. The van der Waals surface area contributed by atoms with Gasteiger partial charge in [-0.3, -0.25) is 10.2 Å². The first kappa shape index (κ1) is 9.43. The highest BCUT2D eigenvalue weighted by Gasteiger charge is 2.12. The molecule has 0 aromatic rings. The van der Waals surface area contributed by atoms with E-state index in [4.69, 9.17) is 5.84 Å². The summed E-state index contributed by atoms with van der Waals surface area (Å²) in [5, 5.41) is 0. The Kier molecular flexibility index (Phi) is 4.94. The molecule has 0 fully saturated rings. The average Bonchev–Trinajstić information content (AvgIpc) is 1.99. The standard InChI is InChI=1S/C7H16N2O/c1-3-5-6(4-2)7(10)9-8/h6H,3-5,8H2,1-2H3,(H,9,10). The van der Waals surface area contributed by atoms with Crippen molar-refractivity contribution in [2.45, 2.75) is 33.1 Å². The number of carbonyl (C=O) groups excluding carboxylic acids is 1. The molecule has 0 aromatic heterocycles. The summed E-state index contributed by atoms with van der Waals surface area (Å²) in [6.07, 6.45) is 2.84. The van der Waals surface area contributed by atoms with Crippen LogP contribution in [-0.4, -0.2) is 5.91 Å². The molecule has 1 amide bonds. The summed E-state index contributed by atoms with van der Waals surface area (Å²) < 4.78 is 0. The highest BCUT2D eigenvalue weighted by Crippen LogP contribution is 2.09. The molecule has 0 aromatic carbocycles. The van der Waals surface area contributed by atoms with E-state index in [1.165, 1.54) is 0 Å². The van der Waals surface area contributed by atoms with Crippen LogP contribution in [-0.2, 0) is 4.79 Å². The van der Waals surface area contributed by atoms with Gasteiger partial charge in [0.05, 0.1) is 0 Å². The van der Waals surface area contributed by atoms with Gasteiger partial charge in [-0.25, -0.2) is 5.84 Å². The van der Waals surface area contributed by atoms with E-state index in [1.54, 1.807) is 0 Å². The number of hydrogen-bond acceptors (Lipinski definition) is 2. The van der Waals surface area contributed by atoms with Crippen molar-refractivity contribution in [1.29, 1.82) is 0 Å². The molecular formula is C7H16N2O. The third-order valence-corrected chi connectivity index (χ3v) is 1.64. The van der Waals surface area contributed by atoms with Crippen molar-refractivity contribution in [3.63, 3.8) is 0 Å². The molecule has 1 atom stereocenters. The van der Waals surface area contributed by atoms with Crippen molar-refractivity contribution in [2.24, 2.45) is 11.8 Å². The predicted octanol–water partition coefficient (Wildman–Crippen LogP) is 0.803. The molecule has 0 bridgehead atoms. The van der Waals surface area contributed by atoms with Crippen molar-refractivity contribution >= 4 is 5.91 Å². The summed E-state index contributed by atoms with van der Waals surface area (Å²) in [7, 11) is 0. The lowest BCUT2D eigenvalue weighted by atomic mass is 10.0. The molecule has 0 radical (unpaired) electrons. The third kappa shape index (κ3) is 2.82. The molecule has 0 saturated carbocycles. The normalized spacial score (nSPS) is 12.7. The first-order valence-corrected chi connectivity index (χ1v) is 3.76. The minimum atomic E-state index is -0.0376. The lowest BCUT2D eigenvalue weighted by Gasteiger charge is -2.10. The summed E-state index contributed by atoms with van der Waals surface area (Å²) in [6.45, 7) is 4.06. The van der Waals surface area contributed by atoms with E-state index in [1.807, 2.05) is 6.92 Å². The van der Waals surface area contributed by atoms with E-state index in [-0.39, 0.29) is 11.8 Å². The number of amides is 1. The van der Waals surface area contributed by atoms with Crippen LogP contribution in [0.4, 0.5) is 0 Å². The third-order valence-electron chi connectivity index (χ3n) is 1.64. The molecule has 3 N–H and O–H groups in total. The number of carbonyl (C=O) groups is 1. The van der Waals surface area contributed by atoms with Crippen molar-refractivity contribution in [3.05, 3.63) is 0 Å². The Labute approximate surface area is 62.0 Å². The molecule has 3 nitrogen and oxygen atoms in total. The minimum absolute atomic E-state index is 0.0376. The van der Waals surface area contributed by atoms with Gasteiger partial charge < -0.3 is 0 Å². The Morgan fingerprint density at radius 3 is 2.50 bits per heavy atom. The molecule has 0 saturated heterocycles. The van der Waals surface area contributed by atoms with Crippen LogP contribution in [0.1, 0.15) is 33.1 Å². The molecule has 0 spiro atoms. The smallest absolute Gasteiger partial charge is 0.236 e. The number of nitrogens with two attached hydrogens (primary N) is 1. The first-order chi connectivity index (χ1) is 4.76. The van der Waals surface area contributed by atoms with Gasteiger partial charge in [0.1, 0.15) is 0 Å². The van der Waals surface area contributed by atoms with Crippen LogP contribution < -0.4 is 11.3 Å². The van der Waals surface area contributed by atoms with Crippen molar-refractivity contribution in [1.82, 2.24) is 5.43 Å². The second-order valence-corrected chi connectivity index (χ2v) is 2.40. The Bertz CT molecular complexity index is 104. The van der Waals surface area contributed by atoms with Crippen LogP contribution >= 0.6 is 0 Å². The Morgan fingerprint density at radius 1 is 1.60 bits per heavy atom. The van der Waals surface area contributed by atoms with Crippen molar-refractivity contribution in [2.75, 3.05) is 0 Å². The predicted molar refractivity (Wildman–Crippen MR) is 41.0 cm³/mol. The molecule has 3 heteroatoms. The van der Waals surface area contributed by atoms with Gasteiger partial charge in [0.15, 0.2) is 0 Å². The summed E-state index contributed by atoms with van der Waals surface area (Å²) >= 11 is 0. The average molecular weight is 144 g/mol. The van der Waals surface area contributed by atoms with E-state index in [9.17, 15) is 4.79 Å². The van der Waals surface area contributed by atoms with E-state index in [0.717, 1.165) is 19.3 Å². The second-order valence-electron chi connectivity index (χ2n) is 2.40. The summed E-state index contributed by atoms with van der Waals surface area (Å²) in [6, 6.07) is 0. The molecule has 0 heterocycles. The van der Waals surface area contributed by atoms with Gasteiger partial charge >= 0.3 is 0 Å². The van der Waals surface area contributed by atoms with Crippen molar-refractivity contribution in [3.8, 4) is 0 Å². The van der Waals surface area contributed by atoms with Gasteiger partial charge in [0.25, 0.3) is 0 Å². The minimum Gasteiger partial charge on any atom is -0.294 e. The Balaban J connectivity index is 3.68. The maximum atomic E-state index is 10.9. The van der Waals surface area contributed by atoms with Crippen LogP contribution in [0.5, 0.6) is 0 Å². The number of hydrogen-bond donors (Lipinski definition) is 2. The maximum Gasteiger partial charge on any atom is 0.236 e. The topological polar surface area (TPSA) is 55.1 Å². The van der Waals surface area contributed by atoms with Crippen LogP contribution in [0.2, 0.25) is 0 Å². The van der Waals surface area contributed by atoms with E-state index in [0.29, 0.717) is 0 Å². The van der Waals surface area contributed by atoms with Gasteiger partial charge in [-0.05, 0) is 12.8 Å². The van der Waals surface area contributed by atoms with Crippen LogP contribution in [0.15, 0.2) is 0 Å². The Hall–Kier alpha value is -0.570. The molecular weight excluding hydrogens is 128 g/mol. The summed E-state index contributed by atoms with van der Waals surface area (Å²) in [5.41, 5.74) is 2.16. The molecule has 0 aliphatic rings. The van der Waals surface area contributed by atoms with Crippen LogP contribution in [0.25, 0.3) is 0 Å². The fourth-order valence-corrected chi connectivity index (χ4v) is 0.987. The summed E-state index contributed by atoms with van der Waals surface area (Å²) in [5.74, 6) is 5.05. The van der Waals surface area contributed by atoms with Crippen LogP contribution in [0, 0.1) is 5.92 Å². The van der Waals surface area contributed by atoms with E-state index < -0.39 is 0 Å². The molecule has 60 valence electrons. The fraction of sp³-hybridized carbons (Fsp3) is 0.857. The monoisotopic (exact) mass is 144 g/mol. The first-order valence-electron chi connectivity index (χ1n) is 3.76. The SMILES string of the molecule is CCCC(CC)C(=O)NN. The van der Waals surface area contributed by atoms with Gasteiger partial charge in [0, 0.05) is 5.92 Å². The molecule has 0 aliphatic heterocycles. The van der Waals surface area contributed by atoms with Gasteiger partial charge in [-0.2, -0.15) is 0 Å². The fourth-order valence-electron chi connectivity index (χ4n) is 0.987. The molecule has 10 heavy (non-hydrogen) atoms. The van der Waals surface area contributed by atoms with Gasteiger partial charge in [-0.15, -0.1) is 0 Å².